The lowest BCUT2D eigenvalue weighted by Gasteiger charge is -2.03. The number of hydrogen-bond donors (Lipinski definition) is 0. The third kappa shape index (κ3) is 3.64. The van der Waals surface area contributed by atoms with E-state index in [0.29, 0.717) is 23.8 Å². The van der Waals surface area contributed by atoms with E-state index >= 15 is 0 Å². The predicted molar refractivity (Wildman–Crippen MR) is 138 cm³/mol. The fourth-order valence-corrected chi connectivity index (χ4v) is 4.40. The van der Waals surface area contributed by atoms with Gasteiger partial charge in [-0.1, -0.05) is 84.9 Å². The number of nitriles is 1. The molecular weight excluding hydrogens is 418 g/mol. The number of hydrogen-bond acceptors (Lipinski definition) is 3. The summed E-state index contributed by atoms with van der Waals surface area (Å²) in [5, 5.41) is 11.2. The average molecular weight is 442 g/mol. The molecule has 5 rings (SSSR count). The van der Waals surface area contributed by atoms with Gasteiger partial charge >= 0.3 is 0 Å². The van der Waals surface area contributed by atoms with Gasteiger partial charge in [0, 0.05) is 46.0 Å². The Morgan fingerprint density at radius 3 is 2.26 bits per heavy atom. The molecule has 4 heteroatoms. The highest BCUT2D eigenvalue weighted by atomic mass is 16.4. The molecule has 0 aliphatic rings. The van der Waals surface area contributed by atoms with Crippen molar-refractivity contribution < 1.29 is 4.42 Å². The molecule has 3 aromatic carbocycles. The van der Waals surface area contributed by atoms with Gasteiger partial charge < -0.3 is 8.98 Å². The van der Waals surface area contributed by atoms with Crippen LogP contribution < -0.4 is 0 Å². The van der Waals surface area contributed by atoms with Crippen molar-refractivity contribution in [2.24, 2.45) is 4.99 Å². The van der Waals surface area contributed by atoms with Crippen LogP contribution in [-0.2, 0) is 6.54 Å². The summed E-state index contributed by atoms with van der Waals surface area (Å²) in [6.07, 6.45) is 3.69. The molecule has 5 aromatic rings. The van der Waals surface area contributed by atoms with Gasteiger partial charge in [-0.05, 0) is 18.6 Å². The van der Waals surface area contributed by atoms with Crippen LogP contribution in [0.1, 0.15) is 16.8 Å². The van der Waals surface area contributed by atoms with Crippen LogP contribution in [-0.4, -0.2) is 10.8 Å². The number of furan rings is 1. The second-order valence-corrected chi connectivity index (χ2v) is 8.00. The summed E-state index contributed by atoms with van der Waals surface area (Å²) >= 11 is 0. The Hall–Kier alpha value is -4.62. The maximum atomic E-state index is 10.1. The Kier molecular flexibility index (Phi) is 5.68. The minimum Gasteiger partial charge on any atom is -0.436 e. The molecule has 0 N–H and O–H groups in total. The molecule has 2 heterocycles. The molecule has 0 aliphatic heterocycles. The Bertz CT molecular complexity index is 1550. The molecule has 34 heavy (non-hydrogen) atoms. The SMILES string of the molecule is C=CCn1c(C)c(/C=N/c2oc(-c3ccccc3)c(-c3ccccc3)c2C#N)c2ccccc21. The highest BCUT2D eigenvalue weighted by Gasteiger charge is 2.23. The van der Waals surface area contributed by atoms with Crippen LogP contribution in [0.3, 0.4) is 0 Å². The average Bonchev–Trinajstić information content (AvgIpc) is 3.39. The van der Waals surface area contributed by atoms with E-state index in [0.717, 1.165) is 38.9 Å². The van der Waals surface area contributed by atoms with Gasteiger partial charge in [-0.3, -0.25) is 0 Å². The molecule has 0 unspecified atom stereocenters. The molecular formula is C30H23N3O. The topological polar surface area (TPSA) is 54.2 Å². The number of para-hydroxylation sites is 1. The molecule has 0 amide bonds. The van der Waals surface area contributed by atoms with Crippen molar-refractivity contribution >= 4 is 23.0 Å². The van der Waals surface area contributed by atoms with E-state index in [4.69, 9.17) is 9.41 Å². The molecule has 164 valence electrons. The molecule has 0 radical (unpaired) electrons. The summed E-state index contributed by atoms with van der Waals surface area (Å²) < 4.78 is 8.47. The molecule has 0 atom stereocenters. The summed E-state index contributed by atoms with van der Waals surface area (Å²) in [5.41, 5.74) is 6.21. The van der Waals surface area contributed by atoms with Crippen LogP contribution in [0.2, 0.25) is 0 Å². The minimum atomic E-state index is 0.306. The van der Waals surface area contributed by atoms with Crippen molar-refractivity contribution in [1.82, 2.24) is 4.57 Å². The van der Waals surface area contributed by atoms with Gasteiger partial charge in [-0.25, -0.2) is 4.99 Å². The number of nitrogens with zero attached hydrogens (tertiary/aromatic N) is 3. The fraction of sp³-hybridized carbons (Fsp3) is 0.0667. The highest BCUT2D eigenvalue weighted by Crippen LogP contribution is 2.42. The monoisotopic (exact) mass is 441 g/mol. The number of benzene rings is 3. The van der Waals surface area contributed by atoms with Crippen LogP contribution in [0.25, 0.3) is 33.4 Å². The van der Waals surface area contributed by atoms with Gasteiger partial charge in [0.15, 0.2) is 0 Å². The van der Waals surface area contributed by atoms with Crippen LogP contribution in [0.4, 0.5) is 5.88 Å². The summed E-state index contributed by atoms with van der Waals surface area (Å²) in [7, 11) is 0. The molecule has 2 aromatic heterocycles. The van der Waals surface area contributed by atoms with Crippen LogP contribution in [0, 0.1) is 18.3 Å². The second-order valence-electron chi connectivity index (χ2n) is 8.00. The van der Waals surface area contributed by atoms with E-state index in [1.807, 2.05) is 78.9 Å². The Labute approximate surface area is 198 Å². The quantitative estimate of drug-likeness (QED) is 0.200. The maximum absolute atomic E-state index is 10.1. The lowest BCUT2D eigenvalue weighted by Crippen LogP contribution is -1.97. The molecule has 0 fully saturated rings. The van der Waals surface area contributed by atoms with Crippen molar-refractivity contribution in [2.75, 3.05) is 0 Å². The Morgan fingerprint density at radius 1 is 0.941 bits per heavy atom. The molecule has 0 saturated heterocycles. The smallest absolute Gasteiger partial charge is 0.238 e. The molecule has 0 bridgehead atoms. The van der Waals surface area contributed by atoms with Gasteiger partial charge in [0.05, 0.1) is 0 Å². The lowest BCUT2D eigenvalue weighted by atomic mass is 9.98. The largest absolute Gasteiger partial charge is 0.436 e. The van der Waals surface area contributed by atoms with Crippen molar-refractivity contribution in [1.29, 1.82) is 5.26 Å². The van der Waals surface area contributed by atoms with Gasteiger partial charge in [0.25, 0.3) is 0 Å². The van der Waals surface area contributed by atoms with Crippen LogP contribution in [0.5, 0.6) is 0 Å². The van der Waals surface area contributed by atoms with Crippen molar-refractivity contribution in [2.45, 2.75) is 13.5 Å². The normalized spacial score (nSPS) is 11.2. The summed E-state index contributed by atoms with van der Waals surface area (Å²) in [4.78, 5) is 4.71. The van der Waals surface area contributed by atoms with Crippen LogP contribution >= 0.6 is 0 Å². The minimum absolute atomic E-state index is 0.306. The molecule has 0 spiro atoms. The van der Waals surface area contributed by atoms with E-state index in [2.05, 4.69) is 36.3 Å². The van der Waals surface area contributed by atoms with E-state index in [-0.39, 0.29) is 0 Å². The van der Waals surface area contributed by atoms with Gasteiger partial charge in [0.2, 0.25) is 5.88 Å². The maximum Gasteiger partial charge on any atom is 0.238 e. The highest BCUT2D eigenvalue weighted by molar-refractivity contribution is 6.02. The molecule has 4 nitrogen and oxygen atoms in total. The summed E-state index contributed by atoms with van der Waals surface area (Å²) in [5.74, 6) is 0.946. The first kappa shape index (κ1) is 21.2. The number of aromatic nitrogens is 1. The van der Waals surface area contributed by atoms with E-state index in [1.165, 1.54) is 0 Å². The second kappa shape index (κ2) is 9.09. The molecule has 0 aliphatic carbocycles. The zero-order valence-corrected chi connectivity index (χ0v) is 18.9. The van der Waals surface area contributed by atoms with E-state index < -0.39 is 0 Å². The Balaban J connectivity index is 1.70. The first-order chi connectivity index (χ1) is 16.7. The van der Waals surface area contributed by atoms with Crippen molar-refractivity contribution in [3.05, 3.63) is 114 Å². The van der Waals surface area contributed by atoms with Gasteiger partial charge in [0.1, 0.15) is 17.4 Å². The van der Waals surface area contributed by atoms with E-state index in [9.17, 15) is 5.26 Å². The standard InChI is InChI=1S/C30H23N3O/c1-3-18-33-21(2)26(24-16-10-11-17-27(24)33)20-32-30-25(19-31)28(22-12-6-4-7-13-22)29(34-30)23-14-8-5-9-15-23/h3-17,20H,1,18H2,2H3/b32-20+. The zero-order valence-electron chi connectivity index (χ0n) is 18.9. The van der Waals surface area contributed by atoms with E-state index in [1.54, 1.807) is 6.21 Å². The van der Waals surface area contributed by atoms with Crippen molar-refractivity contribution in [3.63, 3.8) is 0 Å². The third-order valence-corrected chi connectivity index (χ3v) is 6.00. The predicted octanol–water partition coefficient (Wildman–Crippen LogP) is 7.69. The number of fused-ring (bicyclic) bond motifs is 1. The van der Waals surface area contributed by atoms with Crippen molar-refractivity contribution in [3.8, 4) is 28.5 Å². The fourth-order valence-electron chi connectivity index (χ4n) is 4.40. The zero-order chi connectivity index (χ0) is 23.5. The van der Waals surface area contributed by atoms with Gasteiger partial charge in [-0.2, -0.15) is 5.26 Å². The lowest BCUT2D eigenvalue weighted by molar-refractivity contribution is 0.593. The summed E-state index contributed by atoms with van der Waals surface area (Å²) in [6.45, 7) is 6.68. The Morgan fingerprint density at radius 2 is 1.59 bits per heavy atom. The first-order valence-corrected chi connectivity index (χ1v) is 11.1. The third-order valence-electron chi connectivity index (χ3n) is 6.00. The number of rotatable bonds is 6. The molecule has 0 saturated carbocycles. The summed E-state index contributed by atoms with van der Waals surface area (Å²) in [6, 6.07) is 30.2. The van der Waals surface area contributed by atoms with Gasteiger partial charge in [-0.15, -0.1) is 6.58 Å². The number of aliphatic imine (C=N–C) groups is 1. The first-order valence-electron chi connectivity index (χ1n) is 11.1. The number of allylic oxidation sites excluding steroid dienone is 1. The van der Waals surface area contributed by atoms with Crippen LogP contribution in [0.15, 0.2) is 107 Å².